The number of nitrogens with two attached hydrogens (primary N) is 1. The minimum atomic E-state index is 0.434. The highest BCUT2D eigenvalue weighted by Crippen LogP contribution is 2.31. The van der Waals surface area contributed by atoms with E-state index < -0.39 is 0 Å². The number of halogens is 1. The molecule has 0 fully saturated rings. The number of fused-ring (bicyclic) bond motifs is 1. The lowest BCUT2D eigenvalue weighted by atomic mass is 10.0. The number of rotatable bonds is 2. The van der Waals surface area contributed by atoms with Crippen LogP contribution < -0.4 is 5.73 Å². The summed E-state index contributed by atoms with van der Waals surface area (Å²) in [6.07, 6.45) is 0. The molecule has 0 saturated carbocycles. The van der Waals surface area contributed by atoms with Crippen LogP contribution in [0.4, 0.5) is 5.82 Å². The lowest BCUT2D eigenvalue weighted by Crippen LogP contribution is -1.98. The molecule has 0 aliphatic heterocycles. The van der Waals surface area contributed by atoms with Gasteiger partial charge in [-0.2, -0.15) is 0 Å². The Morgan fingerprint density at radius 2 is 1.68 bits per heavy atom. The van der Waals surface area contributed by atoms with Crippen molar-refractivity contribution in [3.8, 4) is 22.5 Å². The topological polar surface area (TPSA) is 77.8 Å². The molecule has 0 aliphatic carbocycles. The van der Waals surface area contributed by atoms with Gasteiger partial charge in [-0.05, 0) is 55.8 Å². The van der Waals surface area contributed by atoms with Crippen LogP contribution in [0, 0.1) is 13.8 Å². The molecule has 0 radical (unpaired) electrons. The molecule has 2 aromatic carbocycles. The smallest absolute Gasteiger partial charge is 0.162 e. The van der Waals surface area contributed by atoms with E-state index in [2.05, 4.69) is 15.1 Å². The van der Waals surface area contributed by atoms with Gasteiger partial charge >= 0.3 is 0 Å². The standard InChI is InChI=1S/C19H15ClN4O/c1-10-17(11(2)25-24-10)13-5-8-16-15(9-13)18(21)23-19(22-16)12-3-6-14(20)7-4-12/h3-9H,1-2H3,(H2,21,22,23). The number of anilines is 1. The first kappa shape index (κ1) is 15.6. The molecule has 5 nitrogen and oxygen atoms in total. The molecule has 0 amide bonds. The van der Waals surface area contributed by atoms with Gasteiger partial charge in [0.05, 0.1) is 11.2 Å². The first-order valence-electron chi connectivity index (χ1n) is 7.79. The fourth-order valence-electron chi connectivity index (χ4n) is 2.93. The van der Waals surface area contributed by atoms with E-state index in [1.807, 2.05) is 44.2 Å². The van der Waals surface area contributed by atoms with Crippen molar-refractivity contribution in [1.82, 2.24) is 15.1 Å². The van der Waals surface area contributed by atoms with Gasteiger partial charge in [0.2, 0.25) is 0 Å². The Morgan fingerprint density at radius 1 is 0.960 bits per heavy atom. The zero-order chi connectivity index (χ0) is 17.6. The van der Waals surface area contributed by atoms with Crippen molar-refractivity contribution in [2.75, 3.05) is 5.73 Å². The maximum atomic E-state index is 6.21. The Labute approximate surface area is 149 Å². The molecular formula is C19H15ClN4O. The number of hydrogen-bond donors (Lipinski definition) is 1. The zero-order valence-electron chi connectivity index (χ0n) is 13.7. The third-order valence-corrected chi connectivity index (χ3v) is 4.40. The van der Waals surface area contributed by atoms with Gasteiger partial charge in [-0.1, -0.05) is 22.8 Å². The number of nitrogens with zero attached hydrogens (tertiary/aromatic N) is 3. The molecule has 2 N–H and O–H groups in total. The summed E-state index contributed by atoms with van der Waals surface area (Å²) in [6, 6.07) is 13.3. The number of hydrogen-bond acceptors (Lipinski definition) is 5. The first-order chi connectivity index (χ1) is 12.0. The molecule has 124 valence electrons. The van der Waals surface area contributed by atoms with Crippen molar-refractivity contribution < 1.29 is 4.52 Å². The van der Waals surface area contributed by atoms with Gasteiger partial charge in [0.15, 0.2) is 5.82 Å². The van der Waals surface area contributed by atoms with Crippen LogP contribution in [0.3, 0.4) is 0 Å². The van der Waals surface area contributed by atoms with Crippen LogP contribution in [0.5, 0.6) is 0 Å². The summed E-state index contributed by atoms with van der Waals surface area (Å²) in [5.74, 6) is 1.78. The van der Waals surface area contributed by atoms with E-state index >= 15 is 0 Å². The molecule has 0 saturated heterocycles. The van der Waals surface area contributed by atoms with Gasteiger partial charge in [0.1, 0.15) is 11.6 Å². The maximum absolute atomic E-state index is 6.21. The highest BCUT2D eigenvalue weighted by Gasteiger charge is 2.14. The van der Waals surface area contributed by atoms with E-state index in [1.54, 1.807) is 12.1 Å². The molecular weight excluding hydrogens is 336 g/mol. The van der Waals surface area contributed by atoms with E-state index in [1.165, 1.54) is 0 Å². The molecule has 0 atom stereocenters. The minimum Gasteiger partial charge on any atom is -0.383 e. The maximum Gasteiger partial charge on any atom is 0.162 e. The average molecular weight is 351 g/mol. The van der Waals surface area contributed by atoms with Crippen molar-refractivity contribution in [3.05, 3.63) is 58.9 Å². The summed E-state index contributed by atoms with van der Waals surface area (Å²) in [6.45, 7) is 3.81. The molecule has 2 heterocycles. The molecule has 2 aromatic heterocycles. The lowest BCUT2D eigenvalue weighted by Gasteiger charge is -2.08. The van der Waals surface area contributed by atoms with Gasteiger partial charge in [-0.3, -0.25) is 0 Å². The Balaban J connectivity index is 1.86. The van der Waals surface area contributed by atoms with Crippen LogP contribution in [0.15, 0.2) is 47.0 Å². The minimum absolute atomic E-state index is 0.434. The van der Waals surface area contributed by atoms with Crippen LogP contribution >= 0.6 is 11.6 Å². The van der Waals surface area contributed by atoms with Crippen LogP contribution in [0.2, 0.25) is 5.02 Å². The summed E-state index contributed by atoms with van der Waals surface area (Å²) >= 11 is 5.94. The monoisotopic (exact) mass is 350 g/mol. The quantitative estimate of drug-likeness (QED) is 0.561. The Bertz CT molecular complexity index is 1070. The second kappa shape index (κ2) is 5.86. The molecule has 0 unspecified atom stereocenters. The van der Waals surface area contributed by atoms with Crippen LogP contribution in [0.1, 0.15) is 11.5 Å². The van der Waals surface area contributed by atoms with Crippen molar-refractivity contribution >= 4 is 28.3 Å². The van der Waals surface area contributed by atoms with Gasteiger partial charge in [-0.25, -0.2) is 9.97 Å². The molecule has 0 aliphatic rings. The summed E-state index contributed by atoms with van der Waals surface area (Å²) in [5, 5.41) is 5.48. The number of aromatic nitrogens is 3. The number of aryl methyl sites for hydroxylation is 2. The third kappa shape index (κ3) is 2.72. The van der Waals surface area contributed by atoms with Crippen LogP contribution in [0.25, 0.3) is 33.4 Å². The highest BCUT2D eigenvalue weighted by molar-refractivity contribution is 6.30. The molecule has 25 heavy (non-hydrogen) atoms. The van der Waals surface area contributed by atoms with Crippen LogP contribution in [-0.2, 0) is 0 Å². The normalized spacial score (nSPS) is 11.2. The number of nitrogen functional groups attached to an aromatic ring is 1. The van der Waals surface area contributed by atoms with Gasteiger partial charge in [-0.15, -0.1) is 0 Å². The third-order valence-electron chi connectivity index (χ3n) is 4.15. The Hall–Kier alpha value is -2.92. The SMILES string of the molecule is Cc1noc(C)c1-c1ccc2nc(-c3ccc(Cl)cc3)nc(N)c2c1. The predicted octanol–water partition coefficient (Wildman–Crippen LogP) is 4.80. The second-order valence-electron chi connectivity index (χ2n) is 5.87. The van der Waals surface area contributed by atoms with E-state index in [9.17, 15) is 0 Å². The molecule has 0 spiro atoms. The summed E-state index contributed by atoms with van der Waals surface area (Å²) in [7, 11) is 0. The van der Waals surface area contributed by atoms with Gasteiger partial charge in [0, 0.05) is 21.5 Å². The van der Waals surface area contributed by atoms with Crippen molar-refractivity contribution in [3.63, 3.8) is 0 Å². The summed E-state index contributed by atoms with van der Waals surface area (Å²) in [4.78, 5) is 9.08. The Morgan fingerprint density at radius 3 is 2.36 bits per heavy atom. The summed E-state index contributed by atoms with van der Waals surface area (Å²) < 4.78 is 5.26. The predicted molar refractivity (Wildman–Crippen MR) is 99.4 cm³/mol. The highest BCUT2D eigenvalue weighted by atomic mass is 35.5. The second-order valence-corrected chi connectivity index (χ2v) is 6.31. The van der Waals surface area contributed by atoms with Crippen molar-refractivity contribution in [2.24, 2.45) is 0 Å². The van der Waals surface area contributed by atoms with E-state index in [-0.39, 0.29) is 0 Å². The fourth-order valence-corrected chi connectivity index (χ4v) is 3.06. The van der Waals surface area contributed by atoms with E-state index in [4.69, 9.17) is 21.9 Å². The average Bonchev–Trinajstić information content (AvgIpc) is 2.94. The zero-order valence-corrected chi connectivity index (χ0v) is 14.5. The summed E-state index contributed by atoms with van der Waals surface area (Å²) in [5.41, 5.74) is 10.7. The molecule has 4 rings (SSSR count). The van der Waals surface area contributed by atoms with Crippen LogP contribution in [-0.4, -0.2) is 15.1 Å². The molecule has 6 heteroatoms. The molecule has 0 bridgehead atoms. The lowest BCUT2D eigenvalue weighted by molar-refractivity contribution is 0.393. The van der Waals surface area contributed by atoms with Gasteiger partial charge in [0.25, 0.3) is 0 Å². The number of benzene rings is 2. The first-order valence-corrected chi connectivity index (χ1v) is 8.17. The van der Waals surface area contributed by atoms with Gasteiger partial charge < -0.3 is 10.3 Å². The molecule has 4 aromatic rings. The van der Waals surface area contributed by atoms with E-state index in [0.717, 1.165) is 39.0 Å². The van der Waals surface area contributed by atoms with Crippen molar-refractivity contribution in [1.29, 1.82) is 0 Å². The Kier molecular flexibility index (Phi) is 3.66. The van der Waals surface area contributed by atoms with E-state index in [0.29, 0.717) is 16.7 Å². The van der Waals surface area contributed by atoms with Crippen molar-refractivity contribution in [2.45, 2.75) is 13.8 Å². The largest absolute Gasteiger partial charge is 0.383 e. The fraction of sp³-hybridized carbons (Fsp3) is 0.105.